The first kappa shape index (κ1) is 17.9. The van der Waals surface area contributed by atoms with E-state index in [4.69, 9.17) is 4.74 Å². The zero-order valence-corrected chi connectivity index (χ0v) is 16.2. The van der Waals surface area contributed by atoms with Crippen LogP contribution in [0.3, 0.4) is 0 Å². The van der Waals surface area contributed by atoms with Crippen LogP contribution in [0, 0.1) is 0 Å². The van der Waals surface area contributed by atoms with Gasteiger partial charge in [0, 0.05) is 11.1 Å². The van der Waals surface area contributed by atoms with Gasteiger partial charge in [0.05, 0.1) is 12.7 Å². The van der Waals surface area contributed by atoms with E-state index in [1.807, 2.05) is 12.1 Å². The average Bonchev–Trinajstić information content (AvgIpc) is 3.24. The SMILES string of the molecule is COC(=O)c1ccc(-c2nnc(-c3ccc(C4CCCCC4)cc3)s2)cc1. The summed E-state index contributed by atoms with van der Waals surface area (Å²) in [7, 11) is 1.38. The Balaban J connectivity index is 1.51. The minimum Gasteiger partial charge on any atom is -0.465 e. The molecular formula is C22H22N2O2S. The van der Waals surface area contributed by atoms with Crippen LogP contribution < -0.4 is 0 Å². The molecule has 2 aromatic carbocycles. The highest BCUT2D eigenvalue weighted by atomic mass is 32.1. The maximum atomic E-state index is 11.5. The molecule has 0 aliphatic heterocycles. The highest BCUT2D eigenvalue weighted by Gasteiger charge is 2.16. The number of carbonyl (C=O) groups is 1. The first-order valence-corrected chi connectivity index (χ1v) is 10.2. The molecule has 27 heavy (non-hydrogen) atoms. The number of rotatable bonds is 4. The summed E-state index contributed by atoms with van der Waals surface area (Å²) in [4.78, 5) is 11.5. The number of nitrogens with zero attached hydrogens (tertiary/aromatic N) is 2. The minimum absolute atomic E-state index is 0.336. The molecule has 0 N–H and O–H groups in total. The van der Waals surface area contributed by atoms with Gasteiger partial charge in [-0.3, -0.25) is 0 Å². The topological polar surface area (TPSA) is 52.1 Å². The third kappa shape index (κ3) is 3.93. The van der Waals surface area contributed by atoms with Crippen molar-refractivity contribution in [1.82, 2.24) is 10.2 Å². The predicted octanol–water partition coefficient (Wildman–Crippen LogP) is 5.71. The summed E-state index contributed by atoms with van der Waals surface area (Å²) in [5.41, 5.74) is 4.03. The predicted molar refractivity (Wildman–Crippen MR) is 108 cm³/mol. The van der Waals surface area contributed by atoms with E-state index in [0.717, 1.165) is 21.1 Å². The molecule has 0 spiro atoms. The summed E-state index contributed by atoms with van der Waals surface area (Å²) in [6.07, 6.45) is 6.69. The molecule has 0 bridgehead atoms. The quantitative estimate of drug-likeness (QED) is 0.546. The Morgan fingerprint density at radius 1 is 0.889 bits per heavy atom. The van der Waals surface area contributed by atoms with Crippen molar-refractivity contribution in [3.8, 4) is 21.1 Å². The van der Waals surface area contributed by atoms with E-state index in [9.17, 15) is 4.79 Å². The molecule has 0 radical (unpaired) electrons. The van der Waals surface area contributed by atoms with Gasteiger partial charge in [-0.1, -0.05) is 67.0 Å². The van der Waals surface area contributed by atoms with Crippen molar-refractivity contribution in [3.05, 3.63) is 59.7 Å². The molecule has 0 unspecified atom stereocenters. The van der Waals surface area contributed by atoms with Gasteiger partial charge in [-0.15, -0.1) is 10.2 Å². The van der Waals surface area contributed by atoms with Crippen LogP contribution in [-0.4, -0.2) is 23.3 Å². The van der Waals surface area contributed by atoms with Crippen molar-refractivity contribution < 1.29 is 9.53 Å². The maximum Gasteiger partial charge on any atom is 0.337 e. The Kier molecular flexibility index (Phi) is 5.30. The van der Waals surface area contributed by atoms with Crippen LogP contribution >= 0.6 is 11.3 Å². The largest absolute Gasteiger partial charge is 0.465 e. The molecule has 0 amide bonds. The van der Waals surface area contributed by atoms with Crippen LogP contribution in [-0.2, 0) is 4.74 Å². The van der Waals surface area contributed by atoms with Crippen LogP contribution in [0.15, 0.2) is 48.5 Å². The van der Waals surface area contributed by atoms with E-state index < -0.39 is 0 Å². The fourth-order valence-corrected chi connectivity index (χ4v) is 4.51. The van der Waals surface area contributed by atoms with Crippen molar-refractivity contribution in [2.45, 2.75) is 38.0 Å². The van der Waals surface area contributed by atoms with Crippen LogP contribution in [0.2, 0.25) is 0 Å². The second-order valence-electron chi connectivity index (χ2n) is 6.94. The molecular weight excluding hydrogens is 356 g/mol. The Hall–Kier alpha value is -2.53. The van der Waals surface area contributed by atoms with E-state index in [-0.39, 0.29) is 5.97 Å². The summed E-state index contributed by atoms with van der Waals surface area (Å²) in [5.74, 6) is 0.378. The number of methoxy groups -OCH3 is 1. The Bertz CT molecular complexity index is 910. The molecule has 1 heterocycles. The number of ether oxygens (including phenoxy) is 1. The first-order valence-electron chi connectivity index (χ1n) is 9.37. The van der Waals surface area contributed by atoms with Gasteiger partial charge in [0.25, 0.3) is 0 Å². The van der Waals surface area contributed by atoms with Gasteiger partial charge in [0.1, 0.15) is 10.0 Å². The molecule has 3 aromatic rings. The lowest BCUT2D eigenvalue weighted by Gasteiger charge is -2.21. The van der Waals surface area contributed by atoms with Gasteiger partial charge >= 0.3 is 5.97 Å². The number of aromatic nitrogens is 2. The molecule has 138 valence electrons. The number of hydrogen-bond acceptors (Lipinski definition) is 5. The van der Waals surface area contributed by atoms with E-state index in [1.165, 1.54) is 44.8 Å². The van der Waals surface area contributed by atoms with Crippen molar-refractivity contribution in [2.75, 3.05) is 7.11 Å². The summed E-state index contributed by atoms with van der Waals surface area (Å²) < 4.78 is 4.73. The van der Waals surface area contributed by atoms with Crippen molar-refractivity contribution in [1.29, 1.82) is 0 Å². The summed E-state index contributed by atoms with van der Waals surface area (Å²) in [6, 6.07) is 16.1. The fourth-order valence-electron chi connectivity index (χ4n) is 3.66. The second kappa shape index (κ2) is 8.01. The Labute approximate surface area is 163 Å². The highest BCUT2D eigenvalue weighted by Crippen LogP contribution is 2.35. The van der Waals surface area contributed by atoms with Gasteiger partial charge in [-0.05, 0) is 36.5 Å². The standard InChI is InChI=1S/C22H22N2O2S/c1-26-22(25)19-13-11-18(12-14-19)21-24-23-20(27-21)17-9-7-16(8-10-17)15-5-3-2-4-6-15/h7-15H,2-6H2,1H3. The van der Waals surface area contributed by atoms with Gasteiger partial charge in [0.2, 0.25) is 0 Å². The zero-order valence-electron chi connectivity index (χ0n) is 15.4. The Morgan fingerprint density at radius 3 is 2.00 bits per heavy atom. The van der Waals surface area contributed by atoms with Gasteiger partial charge in [0.15, 0.2) is 0 Å². The van der Waals surface area contributed by atoms with E-state index >= 15 is 0 Å². The normalized spacial score (nSPS) is 14.9. The molecule has 1 aliphatic carbocycles. The van der Waals surface area contributed by atoms with Crippen LogP contribution in [0.25, 0.3) is 21.1 Å². The molecule has 5 heteroatoms. The summed E-state index contributed by atoms with van der Waals surface area (Å²) >= 11 is 1.56. The lowest BCUT2D eigenvalue weighted by atomic mass is 9.84. The van der Waals surface area contributed by atoms with E-state index in [1.54, 1.807) is 23.5 Å². The third-order valence-corrected chi connectivity index (χ3v) is 6.23. The Morgan fingerprint density at radius 2 is 1.44 bits per heavy atom. The number of benzene rings is 2. The monoisotopic (exact) mass is 378 g/mol. The molecule has 0 atom stereocenters. The zero-order chi connectivity index (χ0) is 18.6. The summed E-state index contributed by atoms with van der Waals surface area (Å²) in [5, 5.41) is 10.4. The van der Waals surface area contributed by atoms with Gasteiger partial charge in [-0.25, -0.2) is 4.79 Å². The van der Waals surface area contributed by atoms with E-state index in [2.05, 4.69) is 34.5 Å². The molecule has 1 aromatic heterocycles. The number of carbonyl (C=O) groups excluding carboxylic acids is 1. The van der Waals surface area contributed by atoms with Crippen molar-refractivity contribution >= 4 is 17.3 Å². The lowest BCUT2D eigenvalue weighted by molar-refractivity contribution is 0.0601. The molecule has 1 fully saturated rings. The highest BCUT2D eigenvalue weighted by molar-refractivity contribution is 7.17. The smallest absolute Gasteiger partial charge is 0.337 e. The van der Waals surface area contributed by atoms with Crippen molar-refractivity contribution in [3.63, 3.8) is 0 Å². The molecule has 1 saturated carbocycles. The fraction of sp³-hybridized carbons (Fsp3) is 0.318. The first-order chi connectivity index (χ1) is 13.2. The van der Waals surface area contributed by atoms with Crippen molar-refractivity contribution in [2.24, 2.45) is 0 Å². The minimum atomic E-state index is -0.336. The lowest BCUT2D eigenvalue weighted by Crippen LogP contribution is -2.04. The molecule has 4 rings (SSSR count). The second-order valence-corrected chi connectivity index (χ2v) is 7.92. The number of hydrogen-bond donors (Lipinski definition) is 0. The number of esters is 1. The van der Waals surface area contributed by atoms with E-state index in [0.29, 0.717) is 11.5 Å². The average molecular weight is 378 g/mol. The molecule has 4 nitrogen and oxygen atoms in total. The maximum absolute atomic E-state index is 11.5. The third-order valence-electron chi connectivity index (χ3n) is 5.21. The summed E-state index contributed by atoms with van der Waals surface area (Å²) in [6.45, 7) is 0. The van der Waals surface area contributed by atoms with Crippen LogP contribution in [0.1, 0.15) is 53.9 Å². The molecule has 1 aliphatic rings. The van der Waals surface area contributed by atoms with Gasteiger partial charge < -0.3 is 4.74 Å². The molecule has 0 saturated heterocycles. The van der Waals surface area contributed by atoms with Crippen LogP contribution in [0.4, 0.5) is 0 Å². The van der Waals surface area contributed by atoms with Crippen LogP contribution in [0.5, 0.6) is 0 Å². The van der Waals surface area contributed by atoms with Gasteiger partial charge in [-0.2, -0.15) is 0 Å².